The van der Waals surface area contributed by atoms with Crippen LogP contribution >= 0.6 is 0 Å². The summed E-state index contributed by atoms with van der Waals surface area (Å²) >= 11 is 0. The van der Waals surface area contributed by atoms with Crippen molar-refractivity contribution >= 4 is 25.9 Å². The lowest BCUT2D eigenvalue weighted by Crippen LogP contribution is -2.50. The number of benzene rings is 3. The molecular formula is C37H46F2N6O6S2. The van der Waals surface area contributed by atoms with Crippen molar-refractivity contribution in [2.45, 2.75) is 68.7 Å². The molecule has 16 heteroatoms. The summed E-state index contributed by atoms with van der Waals surface area (Å²) in [6, 6.07) is 17.0. The molecule has 53 heavy (non-hydrogen) atoms. The molecule has 4 N–H and O–H groups in total. The molecule has 3 aromatic rings. The fraction of sp³-hybridized carbons (Fsp3) is 0.405. The number of nitriles is 1. The van der Waals surface area contributed by atoms with Gasteiger partial charge in [-0.3, -0.25) is 4.99 Å². The number of phenols is 1. The van der Waals surface area contributed by atoms with Gasteiger partial charge in [-0.05, 0) is 95.6 Å². The van der Waals surface area contributed by atoms with E-state index in [0.29, 0.717) is 11.3 Å². The molecule has 0 radical (unpaired) electrons. The van der Waals surface area contributed by atoms with Crippen LogP contribution in [-0.4, -0.2) is 73.1 Å². The van der Waals surface area contributed by atoms with Gasteiger partial charge in [0.15, 0.2) is 0 Å². The maximum absolute atomic E-state index is 14.9. The van der Waals surface area contributed by atoms with Crippen molar-refractivity contribution in [2.75, 3.05) is 27.2 Å². The summed E-state index contributed by atoms with van der Waals surface area (Å²) in [5.74, 6) is -0.812. The van der Waals surface area contributed by atoms with Gasteiger partial charge >= 0.3 is 0 Å². The minimum absolute atomic E-state index is 0.0121. The van der Waals surface area contributed by atoms with Crippen LogP contribution in [0.2, 0.25) is 0 Å². The van der Waals surface area contributed by atoms with E-state index in [1.807, 2.05) is 0 Å². The minimum Gasteiger partial charge on any atom is -0.508 e. The summed E-state index contributed by atoms with van der Waals surface area (Å²) in [6.45, 7) is 13.4. The number of aromatic hydroxyl groups is 1. The van der Waals surface area contributed by atoms with Crippen molar-refractivity contribution < 1.29 is 35.5 Å². The Kier molecular flexibility index (Phi) is 11.2. The summed E-state index contributed by atoms with van der Waals surface area (Å²) in [7, 11) is -4.53. The van der Waals surface area contributed by atoms with E-state index in [4.69, 9.17) is 15.7 Å². The van der Waals surface area contributed by atoms with Gasteiger partial charge in [0.1, 0.15) is 50.6 Å². The number of amidine groups is 1. The van der Waals surface area contributed by atoms with Crippen molar-refractivity contribution in [3.05, 3.63) is 107 Å². The van der Waals surface area contributed by atoms with Gasteiger partial charge in [0.05, 0.1) is 17.2 Å². The number of hydrogen-bond donors (Lipinski definition) is 3. The minimum atomic E-state index is -3.78. The molecule has 286 valence electrons. The van der Waals surface area contributed by atoms with Crippen molar-refractivity contribution in [2.24, 2.45) is 10.7 Å². The molecule has 0 unspecified atom stereocenters. The summed E-state index contributed by atoms with van der Waals surface area (Å²) in [4.78, 5) is 4.46. The Hall–Kier alpha value is -4.56. The third-order valence-electron chi connectivity index (χ3n) is 9.87. The highest BCUT2D eigenvalue weighted by Gasteiger charge is 2.49. The first-order chi connectivity index (χ1) is 24.3. The molecule has 5 rings (SSSR count). The first-order valence-corrected chi connectivity index (χ1v) is 19.4. The lowest BCUT2D eigenvalue weighted by atomic mass is 9.90. The zero-order chi connectivity index (χ0) is 39.9. The molecule has 3 aromatic carbocycles. The van der Waals surface area contributed by atoms with Crippen LogP contribution in [0.15, 0.2) is 77.9 Å². The SMILES string of the molecule is C=C1N[C@](C)(c2cc(O)ccc2F)CN(C)S(=O)(=O)C1(C)C.CN1C[C@@](C)(c2cc(OCc3ccc(C#N)cc3)ccc2F)N=C(N)C(C)(C)S1(=O)=O. The van der Waals surface area contributed by atoms with Crippen LogP contribution in [0.1, 0.15) is 63.8 Å². The third-order valence-corrected chi connectivity index (χ3v) is 14.8. The lowest BCUT2D eigenvalue weighted by molar-refractivity contribution is 0.302. The molecule has 12 nitrogen and oxygen atoms in total. The van der Waals surface area contributed by atoms with Crippen molar-refractivity contribution in [3.8, 4) is 17.6 Å². The third kappa shape index (κ3) is 7.75. The maximum atomic E-state index is 14.9. The molecule has 0 saturated carbocycles. The van der Waals surface area contributed by atoms with Gasteiger partial charge in [0, 0.05) is 44.0 Å². The van der Waals surface area contributed by atoms with Crippen LogP contribution in [0, 0.1) is 23.0 Å². The molecule has 0 amide bonds. The second-order valence-electron chi connectivity index (χ2n) is 14.7. The van der Waals surface area contributed by atoms with Crippen LogP contribution in [0.4, 0.5) is 8.78 Å². The van der Waals surface area contributed by atoms with Gasteiger partial charge < -0.3 is 20.9 Å². The first kappa shape index (κ1) is 41.2. The predicted molar refractivity (Wildman–Crippen MR) is 200 cm³/mol. The Morgan fingerprint density at radius 3 is 2.04 bits per heavy atom. The van der Waals surface area contributed by atoms with E-state index in [1.54, 1.807) is 52.0 Å². The average molecular weight is 773 g/mol. The Morgan fingerprint density at radius 2 is 1.43 bits per heavy atom. The number of halogens is 2. The smallest absolute Gasteiger partial charge is 0.226 e. The van der Waals surface area contributed by atoms with Crippen LogP contribution in [0.25, 0.3) is 0 Å². The van der Waals surface area contributed by atoms with Gasteiger partial charge in [0.25, 0.3) is 0 Å². The summed E-state index contributed by atoms with van der Waals surface area (Å²) < 4.78 is 85.6. The van der Waals surface area contributed by atoms with Crippen LogP contribution in [0.5, 0.6) is 11.5 Å². The standard InChI is InChI=1S/C22H25FN4O3S.C15H21FN2O3S/c1-21(2)20(25)26-22(3,14-27(4)31(21,28)29)18-11-17(9-10-19(18)23)30-13-16-7-5-15(12-24)6-8-16;1-10-14(2,3)22(20,21)18(5)9-15(4,17-10)12-8-11(19)6-7-13(12)16/h5-11H,13-14H2,1-4H3,(H2,25,26);6-8,17,19H,1,9H2,2-5H3/t22-;15-/m00/s1. The van der Waals surface area contributed by atoms with Gasteiger partial charge in [-0.2, -0.15) is 5.26 Å². The molecule has 0 spiro atoms. The summed E-state index contributed by atoms with van der Waals surface area (Å²) in [6.07, 6.45) is 0. The van der Waals surface area contributed by atoms with E-state index < -0.39 is 52.3 Å². The van der Waals surface area contributed by atoms with Gasteiger partial charge in [-0.25, -0.2) is 34.2 Å². The molecule has 0 aromatic heterocycles. The quantitative estimate of drug-likeness (QED) is 0.329. The number of rotatable bonds is 5. The van der Waals surface area contributed by atoms with E-state index in [1.165, 1.54) is 66.9 Å². The highest BCUT2D eigenvalue weighted by atomic mass is 32.2. The Labute approximate surface area is 310 Å². The average Bonchev–Trinajstić information content (AvgIpc) is 3.15. The summed E-state index contributed by atoms with van der Waals surface area (Å²) in [5.41, 5.74) is 5.84. The topological polar surface area (TPSA) is 178 Å². The number of nitrogens with one attached hydrogen (secondary N) is 1. The van der Waals surface area contributed by atoms with E-state index in [-0.39, 0.29) is 48.1 Å². The molecule has 1 fully saturated rings. The van der Waals surface area contributed by atoms with E-state index >= 15 is 0 Å². The number of ether oxygens (including phenoxy) is 1. The number of hydrogen-bond acceptors (Lipinski definition) is 10. The fourth-order valence-corrected chi connectivity index (χ4v) is 9.24. The van der Waals surface area contributed by atoms with E-state index in [9.17, 15) is 30.7 Å². The van der Waals surface area contributed by atoms with Crippen LogP contribution in [0.3, 0.4) is 0 Å². The van der Waals surface area contributed by atoms with E-state index in [2.05, 4.69) is 23.0 Å². The Morgan fingerprint density at radius 1 is 0.887 bits per heavy atom. The Balaban J connectivity index is 0.000000251. The Bertz CT molecular complexity index is 2200. The van der Waals surface area contributed by atoms with Crippen LogP contribution < -0.4 is 15.8 Å². The summed E-state index contributed by atoms with van der Waals surface area (Å²) in [5, 5.41) is 21.6. The van der Waals surface area contributed by atoms with Gasteiger partial charge in [0.2, 0.25) is 20.0 Å². The molecule has 0 aliphatic carbocycles. The molecule has 1 saturated heterocycles. The monoisotopic (exact) mass is 772 g/mol. The number of likely N-dealkylation sites (N-methyl/N-ethyl adjacent to an activating group) is 2. The molecule has 0 bridgehead atoms. The van der Waals surface area contributed by atoms with Crippen molar-refractivity contribution in [3.63, 3.8) is 0 Å². The zero-order valence-corrected chi connectivity index (χ0v) is 32.7. The largest absolute Gasteiger partial charge is 0.508 e. The van der Waals surface area contributed by atoms with Crippen LogP contribution in [-0.2, 0) is 37.7 Å². The van der Waals surface area contributed by atoms with Crippen molar-refractivity contribution in [1.29, 1.82) is 5.26 Å². The highest BCUT2D eigenvalue weighted by Crippen LogP contribution is 2.39. The molecule has 2 aliphatic rings. The molecule has 2 heterocycles. The number of aliphatic imine (C=N–C) groups is 1. The van der Waals surface area contributed by atoms with Crippen molar-refractivity contribution in [1.82, 2.24) is 13.9 Å². The second-order valence-corrected chi connectivity index (χ2v) is 19.8. The number of nitrogens with zero attached hydrogens (tertiary/aromatic N) is 4. The molecule has 2 atom stereocenters. The zero-order valence-electron chi connectivity index (χ0n) is 31.0. The fourth-order valence-electron chi connectivity index (χ4n) is 6.16. The first-order valence-electron chi connectivity index (χ1n) is 16.5. The normalized spacial score (nSPS) is 24.9. The van der Waals surface area contributed by atoms with E-state index in [0.717, 1.165) is 11.6 Å². The predicted octanol–water partition coefficient (Wildman–Crippen LogP) is 4.81. The maximum Gasteiger partial charge on any atom is 0.226 e. The van der Waals surface area contributed by atoms with Gasteiger partial charge in [-0.15, -0.1) is 0 Å². The highest BCUT2D eigenvalue weighted by molar-refractivity contribution is 7.91. The number of phenolic OH excluding ortho intramolecular Hbond substituents is 1. The lowest BCUT2D eigenvalue weighted by Gasteiger charge is -2.33. The second kappa shape index (κ2) is 14.3. The number of sulfonamides is 2. The van der Waals surface area contributed by atoms with Gasteiger partial charge in [-0.1, -0.05) is 18.7 Å². The molecule has 2 aliphatic heterocycles. The molecular weight excluding hydrogens is 727 g/mol. The number of nitrogens with two attached hydrogens (primary N) is 1.